The van der Waals surface area contributed by atoms with Crippen molar-refractivity contribution in [1.82, 2.24) is 10.6 Å². The molecule has 0 unspecified atom stereocenters. The van der Waals surface area contributed by atoms with Gasteiger partial charge in [-0.3, -0.25) is 0 Å². The van der Waals surface area contributed by atoms with Gasteiger partial charge in [-0.1, -0.05) is 33.6 Å². The Balaban J connectivity index is -0.000000435. The second kappa shape index (κ2) is 29.5. The molecule has 0 atom stereocenters. The van der Waals surface area contributed by atoms with Gasteiger partial charge in [0.25, 0.3) is 0 Å². The van der Waals surface area contributed by atoms with Crippen molar-refractivity contribution < 1.29 is 26.5 Å². The van der Waals surface area contributed by atoms with Crippen LogP contribution in [0.1, 0.15) is 36.5 Å². The van der Waals surface area contributed by atoms with Gasteiger partial charge < -0.3 is 34.3 Å². The fourth-order valence-corrected chi connectivity index (χ4v) is 1.48. The van der Waals surface area contributed by atoms with Crippen molar-refractivity contribution in [2.45, 2.75) is 33.6 Å². The predicted octanol–water partition coefficient (Wildman–Crippen LogP) is 2.20. The summed E-state index contributed by atoms with van der Waals surface area (Å²) < 4.78 is 26.8. The summed E-state index contributed by atoms with van der Waals surface area (Å²) in [5.74, 6) is 0. The molecular weight excluding hydrogens is 336 g/mol. The third-order valence-electron chi connectivity index (χ3n) is 3.16. The third kappa shape index (κ3) is 31.5. The Morgan fingerprint density at radius 1 is 0.538 bits per heavy atom. The van der Waals surface area contributed by atoms with Gasteiger partial charge in [0.1, 0.15) is 0 Å². The van der Waals surface area contributed by atoms with Crippen LogP contribution in [0.2, 0.25) is 0 Å². The summed E-state index contributed by atoms with van der Waals surface area (Å²) in [6, 6.07) is 0. The Hall–Kier alpha value is -0.280. The Kier molecular flexibility index (Phi) is 31.7. The van der Waals surface area contributed by atoms with Crippen LogP contribution in [0.15, 0.2) is 0 Å². The van der Waals surface area contributed by atoms with Gasteiger partial charge in [-0.25, -0.2) is 0 Å². The molecule has 26 heavy (non-hydrogen) atoms. The largest absolute Gasteiger partial charge is 0.378 e. The minimum absolute atomic E-state index is 0. The summed E-state index contributed by atoms with van der Waals surface area (Å²) in [5, 5.41) is 6.21. The summed E-state index contributed by atoms with van der Waals surface area (Å²) in [7, 11) is 1.90. The van der Waals surface area contributed by atoms with E-state index in [1.165, 1.54) is 12.8 Å². The first-order valence-corrected chi connectivity index (χ1v) is 10.1. The summed E-state index contributed by atoms with van der Waals surface area (Å²) in [5.41, 5.74) is 0. The molecule has 0 heterocycles. The van der Waals surface area contributed by atoms with E-state index in [9.17, 15) is 0 Å². The second-order valence-electron chi connectivity index (χ2n) is 5.52. The lowest BCUT2D eigenvalue weighted by molar-refractivity contribution is -0.0105. The van der Waals surface area contributed by atoms with Crippen LogP contribution in [0.5, 0.6) is 0 Å². The molecule has 0 amide bonds. The lowest BCUT2D eigenvalue weighted by atomic mass is 10.4. The number of ether oxygens (including phenoxy) is 5. The van der Waals surface area contributed by atoms with Crippen molar-refractivity contribution in [2.24, 2.45) is 0 Å². The van der Waals surface area contributed by atoms with Crippen molar-refractivity contribution in [3.8, 4) is 0 Å². The van der Waals surface area contributed by atoms with Gasteiger partial charge >= 0.3 is 0 Å². The highest BCUT2D eigenvalue weighted by molar-refractivity contribution is 4.40. The molecule has 0 bridgehead atoms. The molecule has 0 aliphatic rings. The van der Waals surface area contributed by atoms with Crippen LogP contribution in [-0.2, 0) is 23.7 Å². The van der Waals surface area contributed by atoms with Gasteiger partial charge in [0.05, 0.1) is 66.1 Å². The van der Waals surface area contributed by atoms with Crippen LogP contribution in [0.3, 0.4) is 0 Å². The van der Waals surface area contributed by atoms with Gasteiger partial charge in [0, 0.05) is 15.9 Å². The molecule has 0 rings (SSSR count). The molecule has 0 saturated heterocycles. The SMILES string of the molecule is CCCC.CCNCCOCCOCCOCCOCCOCCNC.[HH].[HH]. The van der Waals surface area contributed by atoms with Crippen molar-refractivity contribution in [2.75, 3.05) is 92.8 Å². The van der Waals surface area contributed by atoms with E-state index in [1.54, 1.807) is 0 Å². The molecule has 164 valence electrons. The Bertz CT molecular complexity index is 213. The highest BCUT2D eigenvalue weighted by Crippen LogP contribution is 1.83. The molecule has 0 radical (unpaired) electrons. The topological polar surface area (TPSA) is 70.2 Å². The van der Waals surface area contributed by atoms with Crippen LogP contribution in [-0.4, -0.2) is 92.8 Å². The van der Waals surface area contributed by atoms with Crippen LogP contribution < -0.4 is 10.6 Å². The van der Waals surface area contributed by atoms with Crippen LogP contribution in [0.4, 0.5) is 0 Å². The fourth-order valence-electron chi connectivity index (χ4n) is 1.48. The van der Waals surface area contributed by atoms with Gasteiger partial charge in [0.2, 0.25) is 0 Å². The van der Waals surface area contributed by atoms with E-state index >= 15 is 0 Å². The van der Waals surface area contributed by atoms with E-state index in [0.29, 0.717) is 59.5 Å². The van der Waals surface area contributed by atoms with Crippen LogP contribution >= 0.6 is 0 Å². The number of rotatable bonds is 20. The molecule has 2 N–H and O–H groups in total. The zero-order valence-corrected chi connectivity index (χ0v) is 17.6. The molecule has 0 aromatic heterocycles. The molecule has 0 saturated carbocycles. The minimum Gasteiger partial charge on any atom is -0.378 e. The maximum absolute atomic E-state index is 5.39. The molecule has 0 aliphatic carbocycles. The molecule has 0 aliphatic heterocycles. The standard InChI is InChI=1S/C15H34N2O5.C4H10.2H2/c1-3-17-5-7-19-9-11-21-13-15-22-14-12-20-10-8-18-6-4-16-2;1-3-4-2;;/h16-17H,3-15H2,1-2H3;3-4H2,1-2H3;2*1H. The van der Waals surface area contributed by atoms with E-state index in [-0.39, 0.29) is 2.85 Å². The number of hydrogen-bond acceptors (Lipinski definition) is 7. The zero-order valence-electron chi connectivity index (χ0n) is 17.6. The van der Waals surface area contributed by atoms with E-state index in [1.807, 2.05) is 7.05 Å². The van der Waals surface area contributed by atoms with E-state index in [0.717, 1.165) is 26.2 Å². The number of hydrogen-bond donors (Lipinski definition) is 2. The van der Waals surface area contributed by atoms with Crippen LogP contribution in [0, 0.1) is 0 Å². The summed E-state index contributed by atoms with van der Waals surface area (Å²) >= 11 is 0. The average molecular weight is 385 g/mol. The quantitative estimate of drug-likeness (QED) is 0.312. The predicted molar refractivity (Wildman–Crippen MR) is 111 cm³/mol. The average Bonchev–Trinajstić information content (AvgIpc) is 2.67. The van der Waals surface area contributed by atoms with Gasteiger partial charge in [0.15, 0.2) is 0 Å². The van der Waals surface area contributed by atoms with Crippen molar-refractivity contribution in [3.05, 3.63) is 0 Å². The molecule has 7 heteroatoms. The lowest BCUT2D eigenvalue weighted by Gasteiger charge is -2.08. The lowest BCUT2D eigenvalue weighted by Crippen LogP contribution is -2.20. The van der Waals surface area contributed by atoms with Gasteiger partial charge in [-0.05, 0) is 13.6 Å². The van der Waals surface area contributed by atoms with E-state index in [2.05, 4.69) is 31.4 Å². The maximum Gasteiger partial charge on any atom is 0.0701 e. The van der Waals surface area contributed by atoms with E-state index in [4.69, 9.17) is 23.7 Å². The third-order valence-corrected chi connectivity index (χ3v) is 3.16. The Morgan fingerprint density at radius 3 is 1.19 bits per heavy atom. The normalized spacial score (nSPS) is 10.6. The molecule has 7 nitrogen and oxygen atoms in total. The number of nitrogens with one attached hydrogen (secondary N) is 2. The molecule has 0 aromatic rings. The highest BCUT2D eigenvalue weighted by atomic mass is 16.6. The first kappa shape index (κ1) is 27.9. The van der Waals surface area contributed by atoms with Gasteiger partial charge in [-0.2, -0.15) is 0 Å². The minimum atomic E-state index is 0. The number of likely N-dealkylation sites (N-methyl/N-ethyl adjacent to an activating group) is 2. The molecular formula is C19H48N2O5. The monoisotopic (exact) mass is 384 g/mol. The van der Waals surface area contributed by atoms with Crippen molar-refractivity contribution in [3.63, 3.8) is 0 Å². The Labute approximate surface area is 164 Å². The molecule has 0 spiro atoms. The summed E-state index contributed by atoms with van der Waals surface area (Å²) in [4.78, 5) is 0. The maximum atomic E-state index is 5.39. The fraction of sp³-hybridized carbons (Fsp3) is 1.00. The van der Waals surface area contributed by atoms with Crippen LogP contribution in [0.25, 0.3) is 0 Å². The molecule has 0 aromatic carbocycles. The highest BCUT2D eigenvalue weighted by Gasteiger charge is 1.93. The first-order chi connectivity index (χ1) is 12.8. The number of unbranched alkanes of at least 4 members (excludes halogenated alkanes) is 1. The molecule has 0 fully saturated rings. The summed E-state index contributed by atoms with van der Waals surface area (Å²) in [6.07, 6.45) is 2.64. The first-order valence-electron chi connectivity index (χ1n) is 10.1. The second-order valence-corrected chi connectivity index (χ2v) is 5.52. The smallest absolute Gasteiger partial charge is 0.0701 e. The summed E-state index contributed by atoms with van der Waals surface area (Å²) in [6.45, 7) is 15.4. The zero-order chi connectivity index (χ0) is 19.6. The Morgan fingerprint density at radius 2 is 0.885 bits per heavy atom. The van der Waals surface area contributed by atoms with Crippen molar-refractivity contribution >= 4 is 0 Å². The van der Waals surface area contributed by atoms with Crippen molar-refractivity contribution in [1.29, 1.82) is 0 Å². The van der Waals surface area contributed by atoms with E-state index < -0.39 is 0 Å². The van der Waals surface area contributed by atoms with Gasteiger partial charge in [-0.15, -0.1) is 0 Å².